The molecule has 0 aliphatic carbocycles. The minimum Gasteiger partial charge on any atom is -0.653 e. The van der Waals surface area contributed by atoms with Crippen LogP contribution < -0.4 is 58.2 Å². The molecule has 0 aromatic rings. The fourth-order valence-corrected chi connectivity index (χ4v) is 0.866. The number of nitrogens with zero attached hydrogens (tertiary/aromatic N) is 1. The Labute approximate surface area is 105 Å². The van der Waals surface area contributed by atoms with Crippen LogP contribution >= 0.6 is 0 Å². The summed E-state index contributed by atoms with van der Waals surface area (Å²) in [4.78, 5) is 10.6. The monoisotopic (exact) mass is 197 g/mol. The summed E-state index contributed by atoms with van der Waals surface area (Å²) in [7, 11) is 0. The zero-order chi connectivity index (χ0) is 5.98. The number of carbonyl (C=O) groups is 1. The number of amides is 1. The third-order valence-corrected chi connectivity index (χ3v) is 1.48. The van der Waals surface area contributed by atoms with Crippen LogP contribution in [0.1, 0.15) is 19.8 Å². The number of piperidine rings is 1. The average molecular weight is 198 g/mol. The van der Waals surface area contributed by atoms with Gasteiger partial charge in [-0.15, -0.1) is 6.54 Å². The Morgan fingerprint density at radius 2 is 2.33 bits per heavy atom. The van der Waals surface area contributed by atoms with Gasteiger partial charge in [0.1, 0.15) is 0 Å². The second kappa shape index (κ2) is 5.00. The molecule has 2 nitrogen and oxygen atoms in total. The van der Waals surface area contributed by atoms with Crippen LogP contribution in [0.5, 0.6) is 0 Å². The van der Waals surface area contributed by atoms with Crippen molar-refractivity contribution < 1.29 is 63.0 Å². The second-order valence-electron chi connectivity index (χ2n) is 2.26. The van der Waals surface area contributed by atoms with Crippen molar-refractivity contribution in [3.63, 3.8) is 0 Å². The SMILES string of the molecule is CC1CCC[N-]C1=O.[Rb+]. The van der Waals surface area contributed by atoms with Crippen LogP contribution in [0, 0.1) is 5.92 Å². The molecule has 1 fully saturated rings. The van der Waals surface area contributed by atoms with Gasteiger partial charge in [-0.05, 0) is 12.3 Å². The van der Waals surface area contributed by atoms with Crippen molar-refractivity contribution in [3.05, 3.63) is 5.32 Å². The van der Waals surface area contributed by atoms with Crippen LogP contribution in [0.2, 0.25) is 0 Å². The van der Waals surface area contributed by atoms with E-state index in [-0.39, 0.29) is 70.0 Å². The van der Waals surface area contributed by atoms with Crippen LogP contribution in [0.25, 0.3) is 5.32 Å². The Balaban J connectivity index is 0.000000640. The number of hydrogen-bond donors (Lipinski definition) is 0. The molecule has 0 bridgehead atoms. The molecule has 1 rings (SSSR count). The van der Waals surface area contributed by atoms with Crippen molar-refractivity contribution in [2.45, 2.75) is 19.8 Å². The van der Waals surface area contributed by atoms with Crippen molar-refractivity contribution in [1.82, 2.24) is 0 Å². The molecule has 0 spiro atoms. The molecule has 1 unspecified atom stereocenters. The molecule has 1 atom stereocenters. The summed E-state index contributed by atoms with van der Waals surface area (Å²) < 4.78 is 0. The van der Waals surface area contributed by atoms with E-state index in [0.29, 0.717) is 0 Å². The van der Waals surface area contributed by atoms with Crippen molar-refractivity contribution in [3.8, 4) is 0 Å². The first kappa shape index (κ1) is 10.3. The van der Waals surface area contributed by atoms with Crippen LogP contribution in [-0.2, 0) is 4.79 Å². The largest absolute Gasteiger partial charge is 1.00 e. The van der Waals surface area contributed by atoms with Gasteiger partial charge in [-0.1, -0.05) is 13.3 Å². The molecule has 1 amide bonds. The second-order valence-corrected chi connectivity index (χ2v) is 2.26. The maximum Gasteiger partial charge on any atom is 1.00 e. The molecule has 1 heterocycles. The first-order valence-electron chi connectivity index (χ1n) is 3.02. The molecule has 0 radical (unpaired) electrons. The molecule has 0 saturated carbocycles. The Morgan fingerprint density at radius 1 is 1.67 bits per heavy atom. The quantitative estimate of drug-likeness (QED) is 0.457. The van der Waals surface area contributed by atoms with Crippen LogP contribution in [-0.4, -0.2) is 12.5 Å². The minimum absolute atomic E-state index is 0. The first-order chi connectivity index (χ1) is 3.80. The van der Waals surface area contributed by atoms with E-state index in [9.17, 15) is 4.79 Å². The Bertz CT molecular complexity index is 105. The summed E-state index contributed by atoms with van der Waals surface area (Å²) in [6.07, 6.45) is 2.12. The fourth-order valence-electron chi connectivity index (χ4n) is 0.866. The molecule has 3 heteroatoms. The third kappa shape index (κ3) is 3.26. The molecule has 0 N–H and O–H groups in total. The standard InChI is InChI=1S/C6H11NO.Rb/c1-5-3-2-4-7-6(5)8;/h5H,2-4H2,1H3,(H,7,8);/q;+1/p-1. The van der Waals surface area contributed by atoms with E-state index >= 15 is 0 Å². The summed E-state index contributed by atoms with van der Waals surface area (Å²) in [6, 6.07) is 0. The van der Waals surface area contributed by atoms with Crippen molar-refractivity contribution in [1.29, 1.82) is 0 Å². The van der Waals surface area contributed by atoms with Gasteiger partial charge in [0.15, 0.2) is 0 Å². The minimum atomic E-state index is 0. The van der Waals surface area contributed by atoms with Gasteiger partial charge >= 0.3 is 58.2 Å². The van der Waals surface area contributed by atoms with Gasteiger partial charge in [0.25, 0.3) is 0 Å². The maximum atomic E-state index is 10.6. The molecule has 0 aromatic carbocycles. The van der Waals surface area contributed by atoms with E-state index in [2.05, 4.69) is 5.32 Å². The molecule has 46 valence electrons. The summed E-state index contributed by atoms with van der Waals surface area (Å²) in [5, 5.41) is 3.77. The molecule has 0 aromatic heterocycles. The van der Waals surface area contributed by atoms with E-state index in [1.807, 2.05) is 6.92 Å². The van der Waals surface area contributed by atoms with Crippen molar-refractivity contribution >= 4 is 5.91 Å². The Morgan fingerprint density at radius 3 is 2.67 bits per heavy atom. The summed E-state index contributed by atoms with van der Waals surface area (Å²) in [5.41, 5.74) is 0. The number of rotatable bonds is 0. The van der Waals surface area contributed by atoms with Crippen molar-refractivity contribution in [2.75, 3.05) is 6.54 Å². The third-order valence-electron chi connectivity index (χ3n) is 1.48. The van der Waals surface area contributed by atoms with Gasteiger partial charge in [-0.25, -0.2) is 0 Å². The molecule has 9 heavy (non-hydrogen) atoms. The Hall–Kier alpha value is 1.28. The van der Waals surface area contributed by atoms with Crippen LogP contribution in [0.4, 0.5) is 0 Å². The van der Waals surface area contributed by atoms with Crippen LogP contribution in [0.3, 0.4) is 0 Å². The Kier molecular flexibility index (Phi) is 5.70. The van der Waals surface area contributed by atoms with E-state index in [1.54, 1.807) is 0 Å². The average Bonchev–Trinajstić information content (AvgIpc) is 1.77. The van der Waals surface area contributed by atoms with Gasteiger partial charge in [0, 0.05) is 0 Å². The maximum absolute atomic E-state index is 10.6. The number of hydrogen-bond acceptors (Lipinski definition) is 1. The van der Waals surface area contributed by atoms with Crippen molar-refractivity contribution in [2.24, 2.45) is 5.92 Å². The smallest absolute Gasteiger partial charge is 0.653 e. The summed E-state index contributed by atoms with van der Waals surface area (Å²) in [6.45, 7) is 2.69. The molecule has 1 saturated heterocycles. The van der Waals surface area contributed by atoms with E-state index < -0.39 is 0 Å². The first-order valence-corrected chi connectivity index (χ1v) is 3.02. The van der Waals surface area contributed by atoms with Gasteiger partial charge in [0.2, 0.25) is 0 Å². The topological polar surface area (TPSA) is 31.2 Å². The van der Waals surface area contributed by atoms with E-state index in [4.69, 9.17) is 0 Å². The van der Waals surface area contributed by atoms with Gasteiger partial charge in [-0.3, -0.25) is 0 Å². The predicted octanol–water partition coefficient (Wildman–Crippen LogP) is -1.68. The summed E-state index contributed by atoms with van der Waals surface area (Å²) in [5.74, 6) is 0.292. The van der Waals surface area contributed by atoms with Crippen LogP contribution in [0.15, 0.2) is 0 Å². The molecule has 1 aliphatic rings. The molecular weight excluding hydrogens is 188 g/mol. The van der Waals surface area contributed by atoms with E-state index in [0.717, 1.165) is 19.4 Å². The molecule has 1 aliphatic heterocycles. The predicted molar refractivity (Wildman–Crippen MR) is 31.6 cm³/mol. The number of carbonyl (C=O) groups excluding carboxylic acids is 1. The molecular formula is C6H10NORb. The zero-order valence-electron chi connectivity index (χ0n) is 6.05. The normalized spacial score (nSPS) is 26.3. The van der Waals surface area contributed by atoms with E-state index in [1.165, 1.54) is 0 Å². The van der Waals surface area contributed by atoms with Gasteiger partial charge in [0.05, 0.1) is 5.91 Å². The van der Waals surface area contributed by atoms with Gasteiger partial charge < -0.3 is 10.1 Å². The van der Waals surface area contributed by atoms with Gasteiger partial charge in [-0.2, -0.15) is 0 Å². The summed E-state index contributed by atoms with van der Waals surface area (Å²) >= 11 is 0. The zero-order valence-corrected chi connectivity index (χ0v) is 11.0. The fraction of sp³-hybridized carbons (Fsp3) is 0.833.